The van der Waals surface area contributed by atoms with Gasteiger partial charge in [0.1, 0.15) is 4.90 Å². The summed E-state index contributed by atoms with van der Waals surface area (Å²) in [5.41, 5.74) is -0.110. The van der Waals surface area contributed by atoms with Crippen molar-refractivity contribution in [2.75, 3.05) is 0 Å². The Kier molecular flexibility index (Phi) is 3.90. The van der Waals surface area contributed by atoms with Crippen molar-refractivity contribution in [2.24, 2.45) is 0 Å². The van der Waals surface area contributed by atoms with E-state index in [2.05, 4.69) is 0 Å². The topological polar surface area (TPSA) is 129 Å². The number of aryl methyl sites for hydroxylation is 1. The number of hydrogen-bond donors (Lipinski definition) is 1. The van der Waals surface area contributed by atoms with Gasteiger partial charge >= 0.3 is 0 Å². The van der Waals surface area contributed by atoms with E-state index in [1.165, 1.54) is 19.1 Å². The van der Waals surface area contributed by atoms with E-state index in [1.807, 2.05) is 0 Å². The molecule has 1 rings (SSSR count). The highest BCUT2D eigenvalue weighted by Gasteiger charge is 2.17. The largest absolute Gasteiger partial charge is 0.412 e. The normalized spacial score (nSPS) is 10.5. The van der Waals surface area contributed by atoms with Crippen molar-refractivity contribution in [1.29, 1.82) is 0 Å². The van der Waals surface area contributed by atoms with Crippen molar-refractivity contribution in [3.8, 4) is 0 Å². The molecule has 0 aliphatic rings. The average Bonchev–Trinajstić information content (AvgIpc) is 2.02. The number of hydrogen-bond acceptors (Lipinski definition) is 4. The van der Waals surface area contributed by atoms with Crippen LogP contribution < -0.4 is 0 Å². The van der Waals surface area contributed by atoms with Gasteiger partial charge in [-0.05, 0) is 12.5 Å². The zero-order valence-electron chi connectivity index (χ0n) is 7.67. The number of nitrogens with zero attached hydrogens (tertiary/aromatic N) is 1. The first kappa shape index (κ1) is 13.5. The molecule has 0 heterocycles. The van der Waals surface area contributed by atoms with Crippen LogP contribution in [0.1, 0.15) is 5.56 Å². The predicted molar refractivity (Wildman–Crippen MR) is 51.3 cm³/mol. The van der Waals surface area contributed by atoms with Crippen LogP contribution in [0.25, 0.3) is 0 Å². The smallest absolute Gasteiger partial charge is 0.295 e. The average molecular weight is 235 g/mol. The highest BCUT2D eigenvalue weighted by molar-refractivity contribution is 7.85. The third kappa shape index (κ3) is 2.98. The SMILES string of the molecule is Cc1ccc([N+](=O)[O-])cc1S(=O)(=O)O.O. The van der Waals surface area contributed by atoms with Gasteiger partial charge in [0.15, 0.2) is 0 Å². The van der Waals surface area contributed by atoms with E-state index in [0.717, 1.165) is 6.07 Å². The Bertz CT molecular complexity index is 480. The molecule has 0 spiro atoms. The maximum atomic E-state index is 10.8. The van der Waals surface area contributed by atoms with E-state index in [1.54, 1.807) is 0 Å². The molecule has 8 heteroatoms. The molecule has 0 saturated heterocycles. The van der Waals surface area contributed by atoms with Gasteiger partial charge in [-0.3, -0.25) is 14.7 Å². The standard InChI is InChI=1S/C7H7NO5S.H2O/c1-5-2-3-6(8(9)10)4-7(5)14(11,12)13;/h2-4H,1H3,(H,11,12,13);1H2. The van der Waals surface area contributed by atoms with Crippen LogP contribution in [0.5, 0.6) is 0 Å². The molecule has 3 N–H and O–H groups in total. The molecule has 0 radical (unpaired) electrons. The minimum atomic E-state index is -4.39. The van der Waals surface area contributed by atoms with Gasteiger partial charge in [0.25, 0.3) is 15.8 Å². The number of rotatable bonds is 2. The first-order valence-electron chi connectivity index (χ1n) is 3.55. The second kappa shape index (κ2) is 4.34. The van der Waals surface area contributed by atoms with Crippen LogP contribution in [0.3, 0.4) is 0 Å². The molecular formula is C7H9NO6S. The second-order valence-corrected chi connectivity index (χ2v) is 4.07. The Balaban J connectivity index is 0.00000196. The highest BCUT2D eigenvalue weighted by atomic mass is 32.2. The van der Waals surface area contributed by atoms with Crippen molar-refractivity contribution in [3.05, 3.63) is 33.9 Å². The van der Waals surface area contributed by atoms with E-state index in [-0.39, 0.29) is 16.7 Å². The molecule has 1 aromatic rings. The molecule has 0 aliphatic carbocycles. The van der Waals surface area contributed by atoms with Gasteiger partial charge in [-0.15, -0.1) is 0 Å². The Labute approximate surface area is 85.6 Å². The number of non-ortho nitro benzene ring substituents is 1. The first-order chi connectivity index (χ1) is 6.32. The predicted octanol–water partition coefficient (Wildman–Crippen LogP) is 0.325. The minimum absolute atomic E-state index is 0. The monoisotopic (exact) mass is 235 g/mol. The van der Waals surface area contributed by atoms with E-state index < -0.39 is 19.9 Å². The molecule has 0 saturated carbocycles. The fourth-order valence-corrected chi connectivity index (χ4v) is 1.72. The maximum absolute atomic E-state index is 10.8. The Morgan fingerprint density at radius 1 is 1.40 bits per heavy atom. The van der Waals surface area contributed by atoms with Gasteiger partial charge in [-0.25, -0.2) is 0 Å². The van der Waals surface area contributed by atoms with Crippen LogP contribution >= 0.6 is 0 Å². The third-order valence-electron chi connectivity index (χ3n) is 1.66. The summed E-state index contributed by atoms with van der Waals surface area (Å²) >= 11 is 0. The van der Waals surface area contributed by atoms with Crippen LogP contribution in [0, 0.1) is 17.0 Å². The van der Waals surface area contributed by atoms with Crippen molar-refractivity contribution < 1.29 is 23.4 Å². The van der Waals surface area contributed by atoms with Gasteiger partial charge in [0.05, 0.1) is 4.92 Å². The molecular weight excluding hydrogens is 226 g/mol. The fraction of sp³-hybridized carbons (Fsp3) is 0.143. The molecule has 0 unspecified atom stereocenters. The van der Waals surface area contributed by atoms with Gasteiger partial charge < -0.3 is 5.48 Å². The minimum Gasteiger partial charge on any atom is -0.412 e. The summed E-state index contributed by atoms with van der Waals surface area (Å²) in [6.07, 6.45) is 0. The second-order valence-electron chi connectivity index (χ2n) is 2.68. The van der Waals surface area contributed by atoms with Crippen LogP contribution in [-0.4, -0.2) is 23.4 Å². The molecule has 0 fully saturated rings. The van der Waals surface area contributed by atoms with Gasteiger partial charge in [0.2, 0.25) is 0 Å². The lowest BCUT2D eigenvalue weighted by molar-refractivity contribution is -0.385. The maximum Gasteiger partial charge on any atom is 0.295 e. The molecule has 0 bridgehead atoms. The molecule has 7 nitrogen and oxygen atoms in total. The van der Waals surface area contributed by atoms with Crippen LogP contribution in [-0.2, 0) is 10.1 Å². The quantitative estimate of drug-likeness (QED) is 0.448. The van der Waals surface area contributed by atoms with E-state index in [0.29, 0.717) is 0 Å². The summed E-state index contributed by atoms with van der Waals surface area (Å²) in [7, 11) is -4.39. The lowest BCUT2D eigenvalue weighted by atomic mass is 10.2. The van der Waals surface area contributed by atoms with Crippen molar-refractivity contribution in [2.45, 2.75) is 11.8 Å². The van der Waals surface area contributed by atoms with Crippen molar-refractivity contribution in [3.63, 3.8) is 0 Å². The molecule has 0 atom stereocenters. The number of nitro benzene ring substituents is 1. The van der Waals surface area contributed by atoms with Crippen LogP contribution in [0.2, 0.25) is 0 Å². The Morgan fingerprint density at radius 2 is 1.93 bits per heavy atom. The Morgan fingerprint density at radius 3 is 2.33 bits per heavy atom. The van der Waals surface area contributed by atoms with Crippen LogP contribution in [0.15, 0.2) is 23.1 Å². The Hall–Kier alpha value is -1.51. The highest BCUT2D eigenvalue weighted by Crippen LogP contribution is 2.20. The van der Waals surface area contributed by atoms with Crippen molar-refractivity contribution >= 4 is 15.8 Å². The summed E-state index contributed by atoms with van der Waals surface area (Å²) in [5, 5.41) is 10.3. The van der Waals surface area contributed by atoms with Gasteiger partial charge in [0, 0.05) is 12.1 Å². The van der Waals surface area contributed by atoms with Crippen LogP contribution in [0.4, 0.5) is 5.69 Å². The summed E-state index contributed by atoms with van der Waals surface area (Å²) in [4.78, 5) is 9.15. The molecule has 1 aromatic carbocycles. The lowest BCUT2D eigenvalue weighted by Gasteiger charge is -2.00. The number of benzene rings is 1. The molecule has 0 aromatic heterocycles. The van der Waals surface area contributed by atoms with E-state index >= 15 is 0 Å². The van der Waals surface area contributed by atoms with E-state index in [9.17, 15) is 18.5 Å². The fourth-order valence-electron chi connectivity index (χ4n) is 0.980. The van der Waals surface area contributed by atoms with Crippen molar-refractivity contribution in [1.82, 2.24) is 0 Å². The third-order valence-corrected chi connectivity index (χ3v) is 2.66. The zero-order chi connectivity index (χ0) is 10.9. The lowest BCUT2D eigenvalue weighted by Crippen LogP contribution is -2.01. The zero-order valence-corrected chi connectivity index (χ0v) is 8.48. The van der Waals surface area contributed by atoms with Gasteiger partial charge in [-0.2, -0.15) is 8.42 Å². The summed E-state index contributed by atoms with van der Waals surface area (Å²) in [5.74, 6) is 0. The summed E-state index contributed by atoms with van der Waals surface area (Å²) in [6, 6.07) is 3.26. The van der Waals surface area contributed by atoms with E-state index in [4.69, 9.17) is 4.55 Å². The molecule has 84 valence electrons. The first-order valence-corrected chi connectivity index (χ1v) is 4.99. The molecule has 15 heavy (non-hydrogen) atoms. The summed E-state index contributed by atoms with van der Waals surface area (Å²) < 4.78 is 30.2. The number of nitro groups is 1. The molecule has 0 amide bonds. The van der Waals surface area contributed by atoms with Gasteiger partial charge in [-0.1, -0.05) is 6.07 Å². The molecule has 0 aliphatic heterocycles. The summed E-state index contributed by atoms with van der Waals surface area (Å²) in [6.45, 7) is 1.44.